The number of aliphatic hydroxyl groups is 1. The zero-order valence-electron chi connectivity index (χ0n) is 15.8. The van der Waals surface area contributed by atoms with E-state index < -0.39 is 17.9 Å². The highest BCUT2D eigenvalue weighted by molar-refractivity contribution is 5.89. The Balaban J connectivity index is 1.75. The van der Waals surface area contributed by atoms with E-state index in [1.807, 2.05) is 24.3 Å². The summed E-state index contributed by atoms with van der Waals surface area (Å²) in [6.45, 7) is -0.122. The summed E-state index contributed by atoms with van der Waals surface area (Å²) in [7, 11) is 1.58. The molecule has 2 aromatic carbocycles. The molecule has 0 spiro atoms. The van der Waals surface area contributed by atoms with Crippen molar-refractivity contribution in [1.82, 2.24) is 15.5 Å². The first-order chi connectivity index (χ1) is 14.1. The number of nitrogens with zero attached hydrogens (tertiary/aromatic N) is 2. The number of rotatable bonds is 8. The van der Waals surface area contributed by atoms with Crippen LogP contribution in [0, 0.1) is 5.82 Å². The summed E-state index contributed by atoms with van der Waals surface area (Å²) in [5.41, 5.74) is 1.36. The Morgan fingerprint density at radius 2 is 1.90 bits per heavy atom. The van der Waals surface area contributed by atoms with Crippen molar-refractivity contribution in [2.45, 2.75) is 18.9 Å². The fourth-order valence-corrected chi connectivity index (χ4v) is 2.66. The molecule has 0 fully saturated rings. The van der Waals surface area contributed by atoms with Gasteiger partial charge in [0.2, 0.25) is 11.8 Å². The van der Waals surface area contributed by atoms with Crippen molar-refractivity contribution in [3.63, 3.8) is 0 Å². The van der Waals surface area contributed by atoms with Crippen LogP contribution in [0.1, 0.15) is 23.4 Å². The molecule has 1 heterocycles. The fourth-order valence-electron chi connectivity index (χ4n) is 2.66. The van der Waals surface area contributed by atoms with Crippen LogP contribution < -0.4 is 15.4 Å². The molecule has 1 unspecified atom stereocenters. The summed E-state index contributed by atoms with van der Waals surface area (Å²) in [6, 6.07) is 11.7. The summed E-state index contributed by atoms with van der Waals surface area (Å²) < 4.78 is 23.8. The first-order valence-corrected chi connectivity index (χ1v) is 8.96. The number of hydrogen-bond acceptors (Lipinski definition) is 6. The van der Waals surface area contributed by atoms with Gasteiger partial charge < -0.3 is 24.9 Å². The largest absolute Gasteiger partial charge is 0.497 e. The van der Waals surface area contributed by atoms with Gasteiger partial charge >= 0.3 is 6.03 Å². The van der Waals surface area contributed by atoms with Crippen LogP contribution in [0.15, 0.2) is 52.9 Å². The van der Waals surface area contributed by atoms with Gasteiger partial charge in [-0.05, 0) is 42.0 Å². The molecule has 3 rings (SSSR count). The Labute approximate surface area is 166 Å². The summed E-state index contributed by atoms with van der Waals surface area (Å²) in [4.78, 5) is 12.4. The number of ether oxygens (including phenoxy) is 1. The number of benzene rings is 2. The highest BCUT2D eigenvalue weighted by Gasteiger charge is 2.22. The molecule has 1 aromatic heterocycles. The second kappa shape index (κ2) is 9.65. The van der Waals surface area contributed by atoms with Crippen LogP contribution in [0.25, 0.3) is 0 Å². The van der Waals surface area contributed by atoms with Gasteiger partial charge in [-0.25, -0.2) is 9.18 Å². The number of carbonyl (C=O) groups is 1. The van der Waals surface area contributed by atoms with E-state index in [0.29, 0.717) is 12.1 Å². The van der Waals surface area contributed by atoms with Crippen molar-refractivity contribution in [2.24, 2.45) is 0 Å². The molecule has 0 saturated heterocycles. The molecule has 3 N–H and O–H groups in total. The van der Waals surface area contributed by atoms with Gasteiger partial charge in [0.25, 0.3) is 0 Å². The highest BCUT2D eigenvalue weighted by Crippen LogP contribution is 2.20. The van der Waals surface area contributed by atoms with E-state index in [1.165, 1.54) is 24.3 Å². The zero-order chi connectivity index (χ0) is 20.6. The van der Waals surface area contributed by atoms with Gasteiger partial charge in [-0.3, -0.25) is 0 Å². The highest BCUT2D eigenvalue weighted by atomic mass is 19.1. The Morgan fingerprint density at radius 3 is 2.55 bits per heavy atom. The predicted octanol–water partition coefficient (Wildman–Crippen LogP) is 2.86. The third-order valence-corrected chi connectivity index (χ3v) is 4.11. The number of aromatic nitrogens is 2. The predicted molar refractivity (Wildman–Crippen MR) is 103 cm³/mol. The molecule has 0 radical (unpaired) electrons. The van der Waals surface area contributed by atoms with Crippen LogP contribution in [-0.4, -0.2) is 35.1 Å². The summed E-state index contributed by atoms with van der Waals surface area (Å²) in [5, 5.41) is 22.3. The minimum absolute atomic E-state index is 0.122. The SMILES string of the molecule is COc1ccc(CC(NC(=O)Nc2ccc(F)cc2)c2nnc(CCO)o2)cc1. The van der Waals surface area contributed by atoms with Crippen LogP contribution in [-0.2, 0) is 12.8 Å². The van der Waals surface area contributed by atoms with E-state index in [-0.39, 0.29) is 24.8 Å². The minimum Gasteiger partial charge on any atom is -0.497 e. The first-order valence-electron chi connectivity index (χ1n) is 8.96. The second-order valence-corrected chi connectivity index (χ2v) is 6.22. The Morgan fingerprint density at radius 1 is 1.17 bits per heavy atom. The van der Waals surface area contributed by atoms with Crippen LogP contribution in [0.5, 0.6) is 5.75 Å². The fraction of sp³-hybridized carbons (Fsp3) is 0.250. The first kappa shape index (κ1) is 20.3. The normalized spacial score (nSPS) is 11.7. The lowest BCUT2D eigenvalue weighted by Crippen LogP contribution is -2.34. The number of aliphatic hydroxyl groups excluding tert-OH is 1. The number of carbonyl (C=O) groups excluding carboxylic acids is 1. The van der Waals surface area contributed by atoms with E-state index >= 15 is 0 Å². The topological polar surface area (TPSA) is 110 Å². The molecule has 0 aliphatic carbocycles. The molecule has 29 heavy (non-hydrogen) atoms. The van der Waals surface area contributed by atoms with Crippen molar-refractivity contribution in [3.05, 3.63) is 71.7 Å². The minimum atomic E-state index is -0.608. The standard InChI is InChI=1S/C20H21FN4O4/c1-28-16-8-2-13(3-9-16)12-17(19-25-24-18(29-19)10-11-26)23-20(27)22-15-6-4-14(21)5-7-15/h2-9,17,26H,10-12H2,1H3,(H2,22,23,27). The van der Waals surface area contributed by atoms with Gasteiger partial charge in [0.1, 0.15) is 17.6 Å². The van der Waals surface area contributed by atoms with Gasteiger partial charge in [-0.2, -0.15) is 0 Å². The zero-order valence-corrected chi connectivity index (χ0v) is 15.8. The summed E-state index contributed by atoms with van der Waals surface area (Å²) in [6.07, 6.45) is 0.617. The third kappa shape index (κ3) is 5.76. The smallest absolute Gasteiger partial charge is 0.319 e. The quantitative estimate of drug-likeness (QED) is 0.536. The Bertz CT molecular complexity index is 928. The van der Waals surface area contributed by atoms with Crippen LogP contribution in [0.2, 0.25) is 0 Å². The molecular formula is C20H21FN4O4. The van der Waals surface area contributed by atoms with Gasteiger partial charge in [0, 0.05) is 18.5 Å². The summed E-state index contributed by atoms with van der Waals surface area (Å²) >= 11 is 0. The molecule has 0 saturated carbocycles. The monoisotopic (exact) mass is 400 g/mol. The van der Waals surface area contributed by atoms with E-state index in [9.17, 15) is 9.18 Å². The van der Waals surface area contributed by atoms with Crippen molar-refractivity contribution < 1.29 is 23.4 Å². The van der Waals surface area contributed by atoms with Gasteiger partial charge in [0.05, 0.1) is 13.7 Å². The molecule has 0 aliphatic rings. The van der Waals surface area contributed by atoms with E-state index in [1.54, 1.807) is 7.11 Å². The molecule has 8 nitrogen and oxygen atoms in total. The van der Waals surface area contributed by atoms with Crippen molar-refractivity contribution in [2.75, 3.05) is 19.0 Å². The number of nitrogens with one attached hydrogen (secondary N) is 2. The number of anilines is 1. The lowest BCUT2D eigenvalue weighted by atomic mass is 10.1. The maximum atomic E-state index is 13.0. The lowest BCUT2D eigenvalue weighted by Gasteiger charge is -2.16. The van der Waals surface area contributed by atoms with E-state index in [4.69, 9.17) is 14.3 Å². The Kier molecular flexibility index (Phi) is 6.75. The molecular weight excluding hydrogens is 379 g/mol. The lowest BCUT2D eigenvalue weighted by molar-refractivity contribution is 0.244. The van der Waals surface area contributed by atoms with Gasteiger partial charge in [0.15, 0.2) is 0 Å². The number of methoxy groups -OCH3 is 1. The number of halogens is 1. The average molecular weight is 400 g/mol. The van der Waals surface area contributed by atoms with E-state index in [0.717, 1.165) is 11.3 Å². The molecule has 9 heteroatoms. The maximum absolute atomic E-state index is 13.0. The van der Waals surface area contributed by atoms with Crippen molar-refractivity contribution in [3.8, 4) is 5.75 Å². The Hall–Kier alpha value is -3.46. The number of hydrogen-bond donors (Lipinski definition) is 3. The van der Waals surface area contributed by atoms with Crippen LogP contribution in [0.4, 0.5) is 14.9 Å². The van der Waals surface area contributed by atoms with Crippen molar-refractivity contribution >= 4 is 11.7 Å². The molecule has 3 aromatic rings. The molecule has 0 bridgehead atoms. The third-order valence-electron chi connectivity index (χ3n) is 4.11. The van der Waals surface area contributed by atoms with Crippen LogP contribution >= 0.6 is 0 Å². The average Bonchev–Trinajstić information content (AvgIpc) is 3.19. The molecule has 0 aliphatic heterocycles. The van der Waals surface area contributed by atoms with E-state index in [2.05, 4.69) is 20.8 Å². The molecule has 152 valence electrons. The second-order valence-electron chi connectivity index (χ2n) is 6.22. The molecule has 1 atom stereocenters. The van der Waals surface area contributed by atoms with Gasteiger partial charge in [-0.1, -0.05) is 12.1 Å². The van der Waals surface area contributed by atoms with Crippen molar-refractivity contribution in [1.29, 1.82) is 0 Å². The molecule has 2 amide bonds. The van der Waals surface area contributed by atoms with Gasteiger partial charge in [-0.15, -0.1) is 10.2 Å². The number of urea groups is 1. The maximum Gasteiger partial charge on any atom is 0.319 e. The van der Waals surface area contributed by atoms with Crippen LogP contribution in [0.3, 0.4) is 0 Å². The number of amides is 2. The summed E-state index contributed by atoms with van der Waals surface area (Å²) in [5.74, 6) is 0.826.